The van der Waals surface area contributed by atoms with Gasteiger partial charge in [0.2, 0.25) is 0 Å². The van der Waals surface area contributed by atoms with Gasteiger partial charge in [-0.15, -0.1) is 6.42 Å². The molecule has 0 bridgehead atoms. The van der Waals surface area contributed by atoms with E-state index in [-0.39, 0.29) is 17.1 Å². The minimum atomic E-state index is -1.20. The van der Waals surface area contributed by atoms with E-state index in [2.05, 4.69) is 12.8 Å². The number of terminal acetylenes is 1. The number of rotatable bonds is 0. The van der Waals surface area contributed by atoms with Crippen LogP contribution in [0.3, 0.4) is 0 Å². The summed E-state index contributed by atoms with van der Waals surface area (Å²) in [6.07, 6.45) is 13.6. The molecule has 4 aliphatic carbocycles. The third-order valence-electron chi connectivity index (χ3n) is 8.53. The topological polar surface area (TPSA) is 57.5 Å². The van der Waals surface area contributed by atoms with Gasteiger partial charge in [0.25, 0.3) is 0 Å². The average Bonchev–Trinajstić information content (AvgIpc) is 2.77. The van der Waals surface area contributed by atoms with Crippen molar-refractivity contribution in [3.05, 3.63) is 11.6 Å². The monoisotopic (exact) mass is 328 g/mol. The number of aliphatic hydroxyl groups is 2. The van der Waals surface area contributed by atoms with Crippen molar-refractivity contribution < 1.29 is 15.0 Å². The van der Waals surface area contributed by atoms with E-state index in [1.165, 1.54) is 5.57 Å². The summed E-state index contributed by atoms with van der Waals surface area (Å²) in [5.41, 5.74) is -1.42. The first-order valence-electron chi connectivity index (χ1n) is 9.37. The van der Waals surface area contributed by atoms with E-state index < -0.39 is 16.6 Å². The number of allylic oxidation sites excluding steroid dienone is 1. The van der Waals surface area contributed by atoms with Crippen LogP contribution in [0.1, 0.15) is 65.2 Å². The molecule has 0 aromatic rings. The van der Waals surface area contributed by atoms with Crippen LogP contribution in [-0.4, -0.2) is 27.2 Å². The second-order valence-electron chi connectivity index (χ2n) is 9.10. The van der Waals surface area contributed by atoms with Gasteiger partial charge in [-0.3, -0.25) is 4.79 Å². The number of ketones is 1. The molecule has 0 amide bonds. The first-order chi connectivity index (χ1) is 11.2. The zero-order valence-electron chi connectivity index (χ0n) is 14.8. The Morgan fingerprint density at radius 2 is 1.83 bits per heavy atom. The van der Waals surface area contributed by atoms with Crippen molar-refractivity contribution in [2.75, 3.05) is 0 Å². The molecule has 1 unspecified atom stereocenters. The van der Waals surface area contributed by atoms with Gasteiger partial charge in [0.1, 0.15) is 5.60 Å². The molecule has 130 valence electrons. The van der Waals surface area contributed by atoms with Crippen LogP contribution in [-0.2, 0) is 4.79 Å². The van der Waals surface area contributed by atoms with Gasteiger partial charge in [-0.25, -0.2) is 0 Å². The van der Waals surface area contributed by atoms with E-state index in [0.29, 0.717) is 25.2 Å². The predicted octanol–water partition coefficient (Wildman–Crippen LogP) is 3.00. The summed E-state index contributed by atoms with van der Waals surface area (Å²) in [6.45, 7) is 4.28. The van der Waals surface area contributed by atoms with Gasteiger partial charge in [0.05, 0.1) is 5.60 Å². The van der Waals surface area contributed by atoms with Crippen molar-refractivity contribution in [1.29, 1.82) is 0 Å². The molecule has 24 heavy (non-hydrogen) atoms. The first-order valence-corrected chi connectivity index (χ1v) is 9.37. The van der Waals surface area contributed by atoms with Gasteiger partial charge in [0.15, 0.2) is 5.78 Å². The van der Waals surface area contributed by atoms with Crippen LogP contribution in [0.25, 0.3) is 0 Å². The Kier molecular flexibility index (Phi) is 3.23. The molecule has 0 aromatic carbocycles. The third-order valence-corrected chi connectivity index (χ3v) is 8.53. The van der Waals surface area contributed by atoms with Gasteiger partial charge in [-0.05, 0) is 68.3 Å². The summed E-state index contributed by atoms with van der Waals surface area (Å²) in [4.78, 5) is 11.9. The molecule has 4 aliphatic rings. The lowest BCUT2D eigenvalue weighted by Gasteiger charge is -2.61. The quantitative estimate of drug-likeness (QED) is 0.672. The van der Waals surface area contributed by atoms with Crippen LogP contribution >= 0.6 is 0 Å². The maximum absolute atomic E-state index is 11.9. The molecule has 3 nitrogen and oxygen atoms in total. The number of hydrogen-bond donors (Lipinski definition) is 2. The maximum atomic E-state index is 11.9. The molecule has 0 aromatic heterocycles. The molecule has 0 heterocycles. The molecule has 3 saturated carbocycles. The lowest BCUT2D eigenvalue weighted by Crippen LogP contribution is -2.64. The van der Waals surface area contributed by atoms with E-state index in [9.17, 15) is 15.0 Å². The predicted molar refractivity (Wildman–Crippen MR) is 92.0 cm³/mol. The van der Waals surface area contributed by atoms with Crippen molar-refractivity contribution >= 4 is 5.78 Å². The number of carbonyl (C=O) groups excluding carboxylic acids is 1. The Balaban J connectivity index is 1.76. The Labute approximate surface area is 144 Å². The van der Waals surface area contributed by atoms with Crippen LogP contribution in [0, 0.1) is 35.0 Å². The molecule has 0 radical (unpaired) electrons. The van der Waals surface area contributed by atoms with Crippen LogP contribution in [0.15, 0.2) is 11.6 Å². The number of fused-ring (bicyclic) bond motifs is 5. The standard InChI is InChI=1S/C21H28O3/c1-4-20(23)11-12-21(24)17-6-5-14-13-15(22)7-9-18(14,2)16(17)8-10-19(20,21)3/h1,13,16-17,23-24H,5-12H2,2-3H3/t16-,17-,18+,19-,20?,21-/m1/s1. The van der Waals surface area contributed by atoms with E-state index in [0.717, 1.165) is 32.1 Å². The summed E-state index contributed by atoms with van der Waals surface area (Å²) < 4.78 is 0. The third kappa shape index (κ3) is 1.69. The molecule has 4 rings (SSSR count). The lowest BCUT2D eigenvalue weighted by molar-refractivity contribution is -0.205. The largest absolute Gasteiger partial charge is 0.389 e. The van der Waals surface area contributed by atoms with E-state index >= 15 is 0 Å². The molecule has 2 N–H and O–H groups in total. The maximum Gasteiger partial charge on any atom is 0.155 e. The molecular weight excluding hydrogens is 300 g/mol. The fourth-order valence-corrected chi connectivity index (χ4v) is 6.78. The molecule has 0 saturated heterocycles. The molecular formula is C21H28O3. The Hall–Kier alpha value is -1.11. The molecule has 3 heteroatoms. The summed E-state index contributed by atoms with van der Waals surface area (Å²) in [7, 11) is 0. The normalized spacial score (nSPS) is 53.5. The zero-order valence-corrected chi connectivity index (χ0v) is 14.8. The van der Waals surface area contributed by atoms with Crippen LogP contribution in [0.5, 0.6) is 0 Å². The Morgan fingerprint density at radius 3 is 2.54 bits per heavy atom. The van der Waals surface area contributed by atoms with E-state index in [1.807, 2.05) is 13.0 Å². The van der Waals surface area contributed by atoms with Crippen LogP contribution in [0.2, 0.25) is 0 Å². The fraction of sp³-hybridized carbons (Fsp3) is 0.762. The minimum absolute atomic E-state index is 0.0186. The molecule has 0 spiro atoms. The van der Waals surface area contributed by atoms with Crippen molar-refractivity contribution in [2.45, 2.75) is 76.4 Å². The highest BCUT2D eigenvalue weighted by atomic mass is 16.3. The van der Waals surface area contributed by atoms with Crippen molar-refractivity contribution in [2.24, 2.45) is 22.7 Å². The van der Waals surface area contributed by atoms with Gasteiger partial charge >= 0.3 is 0 Å². The van der Waals surface area contributed by atoms with Crippen molar-refractivity contribution in [1.82, 2.24) is 0 Å². The lowest BCUT2D eigenvalue weighted by atomic mass is 9.45. The van der Waals surface area contributed by atoms with Gasteiger partial charge in [-0.2, -0.15) is 0 Å². The number of carbonyl (C=O) groups is 1. The highest BCUT2D eigenvalue weighted by Gasteiger charge is 2.71. The Bertz CT molecular complexity index is 673. The van der Waals surface area contributed by atoms with Gasteiger partial charge in [-0.1, -0.05) is 25.3 Å². The highest BCUT2D eigenvalue weighted by molar-refractivity contribution is 5.91. The van der Waals surface area contributed by atoms with Crippen molar-refractivity contribution in [3.63, 3.8) is 0 Å². The number of hydrogen-bond acceptors (Lipinski definition) is 3. The van der Waals surface area contributed by atoms with Gasteiger partial charge in [0, 0.05) is 11.8 Å². The second kappa shape index (κ2) is 4.74. The fourth-order valence-electron chi connectivity index (χ4n) is 6.78. The molecule has 3 fully saturated rings. The van der Waals surface area contributed by atoms with E-state index in [1.54, 1.807) is 0 Å². The second-order valence-corrected chi connectivity index (χ2v) is 9.10. The van der Waals surface area contributed by atoms with Crippen LogP contribution in [0.4, 0.5) is 0 Å². The summed E-state index contributed by atoms with van der Waals surface area (Å²) in [5.74, 6) is 3.40. The zero-order chi connectivity index (χ0) is 17.4. The highest BCUT2D eigenvalue weighted by Crippen LogP contribution is 2.69. The summed E-state index contributed by atoms with van der Waals surface area (Å²) in [6, 6.07) is 0. The molecule has 0 aliphatic heterocycles. The SMILES string of the molecule is C#CC1(O)CC[C@@]2(O)[C@@H]3CCC4=CC(=O)CC[C@]4(C)[C@@H]3CC[C@]12C. The smallest absolute Gasteiger partial charge is 0.155 e. The molecule has 6 atom stereocenters. The average molecular weight is 328 g/mol. The minimum Gasteiger partial charge on any atom is -0.389 e. The van der Waals surface area contributed by atoms with E-state index in [4.69, 9.17) is 6.42 Å². The first kappa shape index (κ1) is 16.4. The summed E-state index contributed by atoms with van der Waals surface area (Å²) >= 11 is 0. The van der Waals surface area contributed by atoms with Crippen LogP contribution < -0.4 is 0 Å². The Morgan fingerprint density at radius 1 is 1.08 bits per heavy atom. The van der Waals surface area contributed by atoms with Crippen molar-refractivity contribution in [3.8, 4) is 12.3 Å². The summed E-state index contributed by atoms with van der Waals surface area (Å²) in [5, 5.41) is 22.7. The van der Waals surface area contributed by atoms with Gasteiger partial charge < -0.3 is 10.2 Å².